The highest BCUT2D eigenvalue weighted by molar-refractivity contribution is 9.09. The van der Waals surface area contributed by atoms with E-state index in [1.54, 1.807) is 69.3 Å². The first-order valence-electron chi connectivity index (χ1n) is 21.3. The van der Waals surface area contributed by atoms with Crippen molar-refractivity contribution in [1.29, 1.82) is 0 Å². The van der Waals surface area contributed by atoms with E-state index in [1.807, 2.05) is 0 Å². The summed E-state index contributed by atoms with van der Waals surface area (Å²) >= 11 is 6.16. The molecule has 4 aliphatic rings. The molecule has 2 aromatic rings. The number of ether oxygens (including phenoxy) is 7. The third-order valence-corrected chi connectivity index (χ3v) is 14.2. The second kappa shape index (κ2) is 19.1. The summed E-state index contributed by atoms with van der Waals surface area (Å²) in [4.78, 5) is 97.3. The number of ketones is 1. The molecule has 3 aliphatic carbocycles. The van der Waals surface area contributed by atoms with Crippen molar-refractivity contribution < 1.29 is 76.9 Å². The molecule has 1 aliphatic heterocycles. The van der Waals surface area contributed by atoms with Crippen LogP contribution in [-0.4, -0.2) is 123 Å². The van der Waals surface area contributed by atoms with E-state index in [2.05, 4.69) is 37.2 Å². The minimum Gasteiger partial charge on any atom is -0.461 e. The van der Waals surface area contributed by atoms with Crippen molar-refractivity contribution in [2.24, 2.45) is 16.7 Å². The van der Waals surface area contributed by atoms with Crippen molar-refractivity contribution >= 4 is 73.6 Å². The molecule has 2 saturated carbocycles. The summed E-state index contributed by atoms with van der Waals surface area (Å²) in [6, 6.07) is 14.5. The molecular formula is C47H55Br2NO16. The molecule has 17 nitrogen and oxygen atoms in total. The average molecular weight is 1050 g/mol. The summed E-state index contributed by atoms with van der Waals surface area (Å²) in [6.07, 6.45) is -11.6. The van der Waals surface area contributed by atoms with Crippen LogP contribution in [0.25, 0.3) is 0 Å². The number of fused-ring (bicyclic) bond motifs is 5. The molecule has 0 aromatic heterocycles. The lowest BCUT2D eigenvalue weighted by atomic mass is 9.44. The van der Waals surface area contributed by atoms with E-state index >= 15 is 4.79 Å². The van der Waals surface area contributed by atoms with Crippen molar-refractivity contribution in [2.45, 2.75) is 128 Å². The van der Waals surface area contributed by atoms with E-state index in [0.29, 0.717) is 5.56 Å². The number of nitrogens with one attached hydrogen (secondary N) is 1. The maximum atomic E-state index is 15.5. The van der Waals surface area contributed by atoms with Gasteiger partial charge in [0, 0.05) is 25.2 Å². The maximum absolute atomic E-state index is 15.5. The van der Waals surface area contributed by atoms with Crippen molar-refractivity contribution in [3.63, 3.8) is 0 Å². The Morgan fingerprint density at radius 3 is 2.06 bits per heavy atom. The van der Waals surface area contributed by atoms with Crippen LogP contribution < -0.4 is 5.32 Å². The van der Waals surface area contributed by atoms with Crippen molar-refractivity contribution in [2.75, 3.05) is 17.3 Å². The fraction of sp³-hybridized carbons (Fsp3) is 0.553. The summed E-state index contributed by atoms with van der Waals surface area (Å²) in [7, 11) is 0. The van der Waals surface area contributed by atoms with Crippen LogP contribution in [0.15, 0.2) is 71.8 Å². The first-order valence-corrected chi connectivity index (χ1v) is 23.6. The number of esters is 5. The van der Waals surface area contributed by atoms with Gasteiger partial charge >= 0.3 is 35.9 Å². The number of halogens is 2. The summed E-state index contributed by atoms with van der Waals surface area (Å²) in [5.74, 6) is -7.22. The first-order chi connectivity index (χ1) is 30.9. The summed E-state index contributed by atoms with van der Waals surface area (Å²) in [5.41, 5.74) is -8.67. The van der Waals surface area contributed by atoms with Crippen LogP contribution in [0, 0.1) is 16.7 Å². The zero-order chi connectivity index (χ0) is 48.7. The van der Waals surface area contributed by atoms with Gasteiger partial charge in [0.05, 0.1) is 23.5 Å². The van der Waals surface area contributed by atoms with Crippen LogP contribution in [0.1, 0.15) is 90.2 Å². The third kappa shape index (κ3) is 9.29. The molecule has 0 radical (unpaired) electrons. The van der Waals surface area contributed by atoms with Gasteiger partial charge in [0.1, 0.15) is 58.4 Å². The van der Waals surface area contributed by atoms with Crippen molar-refractivity contribution in [3.05, 3.63) is 82.9 Å². The highest BCUT2D eigenvalue weighted by Gasteiger charge is 2.78. The van der Waals surface area contributed by atoms with Gasteiger partial charge in [0.15, 0.2) is 11.4 Å². The van der Waals surface area contributed by atoms with E-state index < -0.39 is 124 Å². The number of benzene rings is 2. The molecule has 66 heavy (non-hydrogen) atoms. The second-order valence-corrected chi connectivity index (χ2v) is 19.9. The zero-order valence-electron chi connectivity index (χ0n) is 37.8. The monoisotopic (exact) mass is 1050 g/mol. The Morgan fingerprint density at radius 1 is 0.909 bits per heavy atom. The van der Waals surface area contributed by atoms with Crippen LogP contribution in [0.2, 0.25) is 0 Å². The lowest BCUT2D eigenvalue weighted by Crippen LogP contribution is -2.82. The van der Waals surface area contributed by atoms with Crippen molar-refractivity contribution in [3.8, 4) is 0 Å². The number of hydrogen-bond acceptors (Lipinski definition) is 16. The molecule has 3 fully saturated rings. The number of alkyl carbamates (subject to hydrolysis) is 1. The Morgan fingerprint density at radius 2 is 1.52 bits per heavy atom. The maximum Gasteiger partial charge on any atom is 0.408 e. The van der Waals surface area contributed by atoms with Gasteiger partial charge in [-0.15, -0.1) is 0 Å². The Kier molecular flexibility index (Phi) is 14.7. The third-order valence-electron chi connectivity index (χ3n) is 13.3. The Hall–Kier alpha value is -4.69. The van der Waals surface area contributed by atoms with Gasteiger partial charge in [-0.05, 0) is 63.5 Å². The van der Waals surface area contributed by atoms with Gasteiger partial charge in [-0.2, -0.15) is 0 Å². The number of rotatable bonds is 12. The molecular weight excluding hydrogens is 994 g/mol. The lowest BCUT2D eigenvalue weighted by Gasteiger charge is -2.67. The van der Waals surface area contributed by atoms with Gasteiger partial charge in [0.2, 0.25) is 6.10 Å². The quantitative estimate of drug-likeness (QED) is 0.108. The predicted octanol–water partition coefficient (Wildman–Crippen LogP) is 5.15. The van der Waals surface area contributed by atoms with Crippen LogP contribution >= 0.6 is 31.9 Å². The number of amides is 1. The van der Waals surface area contributed by atoms with E-state index in [9.17, 15) is 39.0 Å². The van der Waals surface area contributed by atoms with Gasteiger partial charge < -0.3 is 48.7 Å². The zero-order valence-corrected chi connectivity index (χ0v) is 41.0. The van der Waals surface area contributed by atoms with E-state index in [-0.39, 0.29) is 40.4 Å². The topological polar surface area (TPSA) is 237 Å². The number of carbonyl (C=O) groups is 7. The van der Waals surface area contributed by atoms with Gasteiger partial charge in [0.25, 0.3) is 0 Å². The fourth-order valence-electron chi connectivity index (χ4n) is 10.2. The first kappa shape index (κ1) is 50.7. The normalized spacial score (nSPS) is 30.8. The van der Waals surface area contributed by atoms with Gasteiger partial charge in [-0.1, -0.05) is 94.2 Å². The standard InChI is InChI=1S/C47H55Br2NO16/c1-24-28(61-41(57)36(63-32(53)22-49)34(26-15-11-9-12-16-26)50-42(58)66-43(3,4)5)20-47(59)39(64-40(56)27-17-13-10-14-18-27)37-45(8,38(55)35(54)33(24)44(47,6)7)29(62-31(52)21-48)19-30-46(37,23-60-30)65-25(2)51/h9-18,28-30,34-37,39,54,59H,19-23H2,1-8H3,(H,50,58)/t28-,29-,30+,34-,35+,36+,37-,39-,45+,46-,47+/m0/s1. The van der Waals surface area contributed by atoms with Crippen LogP contribution in [0.4, 0.5) is 4.79 Å². The molecule has 358 valence electrons. The van der Waals surface area contributed by atoms with Gasteiger partial charge in [-0.3, -0.25) is 19.2 Å². The minimum absolute atomic E-state index is 0.0432. The molecule has 0 unspecified atom stereocenters. The molecule has 3 N–H and O–H groups in total. The number of aliphatic hydroxyl groups is 2. The molecule has 1 saturated heterocycles. The average Bonchev–Trinajstić information content (AvgIpc) is 3.25. The second-order valence-electron chi connectivity index (χ2n) is 18.8. The van der Waals surface area contributed by atoms with Crippen LogP contribution in [0.5, 0.6) is 0 Å². The van der Waals surface area contributed by atoms with E-state index in [4.69, 9.17) is 33.2 Å². The van der Waals surface area contributed by atoms with Crippen LogP contribution in [0.3, 0.4) is 0 Å². The summed E-state index contributed by atoms with van der Waals surface area (Å²) in [5, 5.41) is 28.3. The number of aliphatic hydroxyl groups excluding tert-OH is 1. The Balaban J connectivity index is 1.56. The highest BCUT2D eigenvalue weighted by atomic mass is 79.9. The molecule has 2 aromatic carbocycles. The molecule has 11 atom stereocenters. The molecule has 0 spiro atoms. The van der Waals surface area contributed by atoms with Crippen LogP contribution in [-0.2, 0) is 57.1 Å². The molecule has 19 heteroatoms. The number of hydrogen-bond donors (Lipinski definition) is 3. The fourth-order valence-corrected chi connectivity index (χ4v) is 10.4. The number of carbonyl (C=O) groups excluding carboxylic acids is 7. The summed E-state index contributed by atoms with van der Waals surface area (Å²) in [6.45, 7) is 11.7. The lowest BCUT2D eigenvalue weighted by molar-refractivity contribution is -0.346. The minimum atomic E-state index is -2.45. The van der Waals surface area contributed by atoms with Gasteiger partial charge in [-0.25, -0.2) is 14.4 Å². The smallest absolute Gasteiger partial charge is 0.408 e. The van der Waals surface area contributed by atoms with Crippen molar-refractivity contribution in [1.82, 2.24) is 5.32 Å². The molecule has 6 rings (SSSR count). The Labute approximate surface area is 398 Å². The number of alkyl halides is 2. The highest BCUT2D eigenvalue weighted by Crippen LogP contribution is 2.64. The Bertz CT molecular complexity index is 2260. The van der Waals surface area contributed by atoms with E-state index in [1.165, 1.54) is 39.8 Å². The number of Topliss-reactive ketones (excluding diaryl/α,β-unsaturated/α-hetero) is 1. The SMILES string of the molecule is CC(=O)O[C@@]12CO[C@@H]1C[C@H](OC(=O)CBr)[C@@]1(C)C(=O)[C@H](O)C3=C(C)[C@@H](OC(=O)[C@H](OC(=O)CBr)[C@@H](NC(=O)OC(C)(C)C)c4ccccc4)C[C@@](O)([C@@H](OC(=O)c4ccccc4)[C@H]21)C3(C)C. The molecule has 1 amide bonds. The van der Waals surface area contributed by atoms with E-state index in [0.717, 1.165) is 6.92 Å². The summed E-state index contributed by atoms with van der Waals surface area (Å²) < 4.78 is 41.9. The largest absolute Gasteiger partial charge is 0.461 e. The predicted molar refractivity (Wildman–Crippen MR) is 239 cm³/mol. The molecule has 2 bridgehead atoms. The molecule has 1 heterocycles.